The zero-order chi connectivity index (χ0) is 15.1. The molecule has 0 saturated heterocycles. The second-order valence-corrected chi connectivity index (χ2v) is 7.51. The van der Waals surface area contributed by atoms with Gasteiger partial charge in [0.15, 0.2) is 0 Å². The van der Waals surface area contributed by atoms with Crippen LogP contribution in [0, 0.1) is 11.7 Å². The summed E-state index contributed by atoms with van der Waals surface area (Å²) >= 11 is 9.60. The van der Waals surface area contributed by atoms with Crippen molar-refractivity contribution in [2.24, 2.45) is 5.92 Å². The van der Waals surface area contributed by atoms with Gasteiger partial charge in [-0.3, -0.25) is 0 Å². The van der Waals surface area contributed by atoms with Gasteiger partial charge in [-0.15, -0.1) is 11.6 Å². The van der Waals surface area contributed by atoms with E-state index in [1.165, 1.54) is 31.7 Å². The van der Waals surface area contributed by atoms with Crippen LogP contribution in [0.1, 0.15) is 56.8 Å². The van der Waals surface area contributed by atoms with Gasteiger partial charge >= 0.3 is 0 Å². The predicted octanol–water partition coefficient (Wildman–Crippen LogP) is 5.99. The summed E-state index contributed by atoms with van der Waals surface area (Å²) in [6.07, 6.45) is 5.09. The fourth-order valence-corrected chi connectivity index (χ4v) is 3.95. The van der Waals surface area contributed by atoms with Crippen LogP contribution in [0.25, 0.3) is 11.0 Å². The summed E-state index contributed by atoms with van der Waals surface area (Å²) < 4.78 is 16.5. The molecule has 21 heavy (non-hydrogen) atoms. The lowest BCUT2D eigenvalue weighted by atomic mass is 9.99. The molecule has 0 spiro atoms. The summed E-state index contributed by atoms with van der Waals surface area (Å²) in [5, 5.41) is -0.192. The Labute approximate surface area is 137 Å². The van der Waals surface area contributed by atoms with Gasteiger partial charge in [0.25, 0.3) is 0 Å². The molecule has 0 amide bonds. The van der Waals surface area contributed by atoms with Gasteiger partial charge in [-0.25, -0.2) is 9.37 Å². The minimum absolute atomic E-state index is 0.192. The lowest BCUT2D eigenvalue weighted by Gasteiger charge is -2.24. The second kappa shape index (κ2) is 5.88. The number of alkyl halides is 1. The van der Waals surface area contributed by atoms with Crippen LogP contribution in [0.15, 0.2) is 16.6 Å². The summed E-state index contributed by atoms with van der Waals surface area (Å²) in [7, 11) is 0. The van der Waals surface area contributed by atoms with Crippen molar-refractivity contribution in [1.29, 1.82) is 0 Å². The zero-order valence-corrected chi connectivity index (χ0v) is 14.6. The molecule has 1 saturated carbocycles. The highest BCUT2D eigenvalue weighted by molar-refractivity contribution is 9.10. The molecule has 1 aromatic heterocycles. The van der Waals surface area contributed by atoms with E-state index >= 15 is 0 Å². The Kier molecular flexibility index (Phi) is 4.28. The summed E-state index contributed by atoms with van der Waals surface area (Å²) in [6.45, 7) is 4.16. The monoisotopic (exact) mass is 372 g/mol. The van der Waals surface area contributed by atoms with Crippen molar-refractivity contribution in [3.63, 3.8) is 0 Å². The van der Waals surface area contributed by atoms with Crippen molar-refractivity contribution >= 4 is 38.6 Å². The van der Waals surface area contributed by atoms with Gasteiger partial charge in [0, 0.05) is 12.1 Å². The van der Waals surface area contributed by atoms with Crippen LogP contribution in [0.3, 0.4) is 0 Å². The first-order chi connectivity index (χ1) is 9.99. The van der Waals surface area contributed by atoms with Gasteiger partial charge in [0.1, 0.15) is 11.6 Å². The SMILES string of the molecule is CC(Cl)c1nc2cc(F)c(Br)cc2n1C(C)C1CCCC1. The lowest BCUT2D eigenvalue weighted by Crippen LogP contribution is -2.17. The van der Waals surface area contributed by atoms with Crippen LogP contribution >= 0.6 is 27.5 Å². The van der Waals surface area contributed by atoms with Crippen LogP contribution < -0.4 is 0 Å². The Bertz CT molecular complexity index is 662. The molecule has 114 valence electrons. The topological polar surface area (TPSA) is 17.8 Å². The van der Waals surface area contributed by atoms with Gasteiger partial charge in [-0.1, -0.05) is 12.8 Å². The maximum atomic E-state index is 13.8. The van der Waals surface area contributed by atoms with Crippen LogP contribution in [-0.2, 0) is 0 Å². The first-order valence-corrected chi connectivity index (χ1v) is 8.73. The maximum Gasteiger partial charge on any atom is 0.139 e. The number of nitrogens with zero attached hydrogens (tertiary/aromatic N) is 2. The van der Waals surface area contributed by atoms with Crippen molar-refractivity contribution in [3.05, 3.63) is 28.2 Å². The smallest absolute Gasteiger partial charge is 0.139 e. The predicted molar refractivity (Wildman–Crippen MR) is 88.3 cm³/mol. The molecule has 2 atom stereocenters. The molecule has 1 aromatic carbocycles. The molecule has 1 heterocycles. The molecule has 1 aliphatic rings. The summed E-state index contributed by atoms with van der Waals surface area (Å²) in [6, 6.07) is 3.65. The lowest BCUT2D eigenvalue weighted by molar-refractivity contribution is 0.359. The normalized spacial score (nSPS) is 19.3. The molecular formula is C16H19BrClFN2. The summed E-state index contributed by atoms with van der Waals surface area (Å²) in [4.78, 5) is 4.58. The Morgan fingerprint density at radius 3 is 2.62 bits per heavy atom. The van der Waals surface area contributed by atoms with Crippen LogP contribution in [0.4, 0.5) is 4.39 Å². The Hall–Kier alpha value is -0.610. The highest BCUT2D eigenvalue weighted by atomic mass is 79.9. The van der Waals surface area contributed by atoms with Crippen molar-refractivity contribution in [1.82, 2.24) is 9.55 Å². The van der Waals surface area contributed by atoms with Gasteiger partial charge < -0.3 is 4.57 Å². The fraction of sp³-hybridized carbons (Fsp3) is 0.562. The van der Waals surface area contributed by atoms with Crippen LogP contribution in [0.5, 0.6) is 0 Å². The number of benzene rings is 1. The fourth-order valence-electron chi connectivity index (χ4n) is 3.47. The number of aromatic nitrogens is 2. The van der Waals surface area contributed by atoms with E-state index in [9.17, 15) is 4.39 Å². The van der Waals surface area contributed by atoms with E-state index in [4.69, 9.17) is 11.6 Å². The van der Waals surface area contributed by atoms with Crippen LogP contribution in [-0.4, -0.2) is 9.55 Å². The van der Waals surface area contributed by atoms with E-state index in [0.717, 1.165) is 11.3 Å². The number of halogens is 3. The van der Waals surface area contributed by atoms with E-state index in [1.807, 2.05) is 13.0 Å². The molecule has 0 aliphatic heterocycles. The number of hydrogen-bond acceptors (Lipinski definition) is 1. The molecule has 0 radical (unpaired) electrons. The summed E-state index contributed by atoms with van der Waals surface area (Å²) in [5.41, 5.74) is 1.65. The maximum absolute atomic E-state index is 13.8. The molecule has 2 unspecified atom stereocenters. The zero-order valence-electron chi connectivity index (χ0n) is 12.2. The van der Waals surface area contributed by atoms with E-state index in [1.54, 1.807) is 0 Å². The van der Waals surface area contributed by atoms with Gasteiger partial charge in [0.05, 0.1) is 20.9 Å². The van der Waals surface area contributed by atoms with E-state index in [2.05, 4.69) is 32.4 Å². The standard InChI is InChI=1S/C16H19BrClFN2/c1-9(18)16-20-14-8-13(19)12(17)7-15(14)21(16)10(2)11-5-3-4-6-11/h7-11H,3-6H2,1-2H3. The molecule has 3 rings (SSSR count). The molecule has 5 heteroatoms. The number of fused-ring (bicyclic) bond motifs is 1. The minimum Gasteiger partial charge on any atom is -0.324 e. The van der Waals surface area contributed by atoms with Gasteiger partial charge in [0.2, 0.25) is 0 Å². The Morgan fingerprint density at radius 2 is 2.00 bits per heavy atom. The largest absolute Gasteiger partial charge is 0.324 e. The molecule has 1 fully saturated rings. The summed E-state index contributed by atoms with van der Waals surface area (Å²) in [5.74, 6) is 1.21. The van der Waals surface area contributed by atoms with E-state index < -0.39 is 0 Å². The van der Waals surface area contributed by atoms with Gasteiger partial charge in [-0.05, 0) is 54.6 Å². The van der Waals surface area contributed by atoms with Crippen molar-refractivity contribution < 1.29 is 4.39 Å². The Balaban J connectivity index is 2.17. The van der Waals surface area contributed by atoms with Crippen molar-refractivity contribution in [3.8, 4) is 0 Å². The number of imidazole rings is 1. The van der Waals surface area contributed by atoms with E-state index in [0.29, 0.717) is 21.9 Å². The first-order valence-electron chi connectivity index (χ1n) is 7.50. The highest BCUT2D eigenvalue weighted by Crippen LogP contribution is 2.39. The molecule has 0 bridgehead atoms. The molecule has 0 N–H and O–H groups in total. The molecule has 1 aliphatic carbocycles. The molecule has 2 aromatic rings. The first kappa shape index (κ1) is 15.3. The highest BCUT2D eigenvalue weighted by Gasteiger charge is 2.27. The van der Waals surface area contributed by atoms with Crippen LogP contribution in [0.2, 0.25) is 0 Å². The number of rotatable bonds is 3. The molecule has 2 nitrogen and oxygen atoms in total. The third-order valence-electron chi connectivity index (χ3n) is 4.60. The average Bonchev–Trinajstić information content (AvgIpc) is 3.06. The molecular weight excluding hydrogens is 355 g/mol. The second-order valence-electron chi connectivity index (χ2n) is 6.00. The van der Waals surface area contributed by atoms with Crippen molar-refractivity contribution in [2.75, 3.05) is 0 Å². The third kappa shape index (κ3) is 2.72. The third-order valence-corrected chi connectivity index (χ3v) is 5.41. The van der Waals surface area contributed by atoms with Gasteiger partial charge in [-0.2, -0.15) is 0 Å². The average molecular weight is 374 g/mol. The number of hydrogen-bond donors (Lipinski definition) is 0. The van der Waals surface area contributed by atoms with E-state index in [-0.39, 0.29) is 11.2 Å². The van der Waals surface area contributed by atoms with Crippen molar-refractivity contribution in [2.45, 2.75) is 50.9 Å². The minimum atomic E-state index is -0.283. The quantitative estimate of drug-likeness (QED) is 0.604. The Morgan fingerprint density at radius 1 is 1.33 bits per heavy atom.